The number of anilines is 2. The van der Waals surface area contributed by atoms with Crippen molar-refractivity contribution in [2.75, 3.05) is 17.3 Å². The van der Waals surface area contributed by atoms with Crippen LogP contribution in [0.4, 0.5) is 11.8 Å². The van der Waals surface area contributed by atoms with Crippen molar-refractivity contribution in [3.05, 3.63) is 24.2 Å². The lowest BCUT2D eigenvalue weighted by Gasteiger charge is -2.08. The monoisotopic (exact) mass is 273 g/mol. The van der Waals surface area contributed by atoms with Crippen LogP contribution in [0.25, 0.3) is 11.0 Å². The van der Waals surface area contributed by atoms with Gasteiger partial charge in [-0.25, -0.2) is 5.84 Å². The van der Waals surface area contributed by atoms with E-state index in [1.54, 1.807) is 12.4 Å². The van der Waals surface area contributed by atoms with Gasteiger partial charge in [-0.2, -0.15) is 20.2 Å². The Balaban J connectivity index is 1.76. The molecule has 0 atom stereocenters. The van der Waals surface area contributed by atoms with Gasteiger partial charge in [0.05, 0.1) is 11.6 Å². The van der Waals surface area contributed by atoms with Gasteiger partial charge in [0.2, 0.25) is 5.95 Å². The Morgan fingerprint density at radius 1 is 1.40 bits per heavy atom. The highest BCUT2D eigenvalue weighted by atomic mass is 15.3. The molecular formula is C11H15N9. The molecule has 0 spiro atoms. The molecule has 9 heteroatoms. The van der Waals surface area contributed by atoms with Crippen LogP contribution in [0.3, 0.4) is 0 Å². The summed E-state index contributed by atoms with van der Waals surface area (Å²) in [4.78, 5) is 8.46. The molecule has 9 nitrogen and oxygen atoms in total. The Bertz CT molecular complexity index is 714. The van der Waals surface area contributed by atoms with Gasteiger partial charge in [-0.05, 0) is 6.07 Å². The third kappa shape index (κ3) is 2.26. The van der Waals surface area contributed by atoms with Crippen molar-refractivity contribution in [1.29, 1.82) is 0 Å². The molecule has 0 saturated carbocycles. The SMILES string of the molecule is Cn1nccc1CCNc1nc(NN)nc2[nH]ncc12. The minimum atomic E-state index is 0.338. The second-order valence-electron chi connectivity index (χ2n) is 4.30. The van der Waals surface area contributed by atoms with Crippen LogP contribution in [-0.2, 0) is 13.5 Å². The summed E-state index contributed by atoms with van der Waals surface area (Å²) in [6.07, 6.45) is 4.30. The number of nitrogens with two attached hydrogens (primary N) is 1. The second kappa shape index (κ2) is 5.13. The normalized spacial score (nSPS) is 10.9. The Kier molecular flexibility index (Phi) is 3.17. The number of hydrazine groups is 1. The second-order valence-corrected chi connectivity index (χ2v) is 4.30. The average Bonchev–Trinajstić information content (AvgIpc) is 3.07. The molecule has 0 aliphatic carbocycles. The summed E-state index contributed by atoms with van der Waals surface area (Å²) in [5.41, 5.74) is 4.22. The quantitative estimate of drug-likeness (QED) is 0.382. The van der Waals surface area contributed by atoms with Crippen LogP contribution in [0.2, 0.25) is 0 Å². The fourth-order valence-electron chi connectivity index (χ4n) is 1.99. The number of nitrogen functional groups attached to an aromatic ring is 1. The summed E-state index contributed by atoms with van der Waals surface area (Å²) in [5, 5.41) is 15.0. The highest BCUT2D eigenvalue weighted by molar-refractivity contribution is 5.86. The van der Waals surface area contributed by atoms with Gasteiger partial charge in [0, 0.05) is 31.9 Å². The van der Waals surface area contributed by atoms with Gasteiger partial charge in [-0.15, -0.1) is 0 Å². The maximum absolute atomic E-state index is 5.36. The number of rotatable bonds is 5. The summed E-state index contributed by atoms with van der Waals surface area (Å²) < 4.78 is 1.85. The number of hydrogen-bond acceptors (Lipinski definition) is 7. The predicted octanol–water partition coefficient (Wildman–Crippen LogP) is 0.0266. The molecule has 0 fully saturated rings. The maximum atomic E-state index is 5.36. The molecule has 0 aliphatic heterocycles. The fraction of sp³-hybridized carbons (Fsp3) is 0.273. The van der Waals surface area contributed by atoms with Gasteiger partial charge >= 0.3 is 0 Å². The first-order valence-corrected chi connectivity index (χ1v) is 6.16. The number of nitrogens with one attached hydrogen (secondary N) is 3. The first kappa shape index (κ1) is 12.4. The van der Waals surface area contributed by atoms with Crippen molar-refractivity contribution in [3.8, 4) is 0 Å². The molecule has 5 N–H and O–H groups in total. The number of nitrogens with zero attached hydrogens (tertiary/aromatic N) is 5. The topological polar surface area (TPSA) is 122 Å². The highest BCUT2D eigenvalue weighted by Gasteiger charge is 2.08. The van der Waals surface area contributed by atoms with E-state index in [9.17, 15) is 0 Å². The molecule has 3 rings (SSSR count). The maximum Gasteiger partial charge on any atom is 0.241 e. The van der Waals surface area contributed by atoms with E-state index < -0.39 is 0 Å². The number of aromatic nitrogens is 6. The molecule has 3 aromatic rings. The summed E-state index contributed by atoms with van der Waals surface area (Å²) in [5.74, 6) is 6.39. The highest BCUT2D eigenvalue weighted by Crippen LogP contribution is 2.19. The van der Waals surface area contributed by atoms with Crippen molar-refractivity contribution in [1.82, 2.24) is 29.9 Å². The molecular weight excluding hydrogens is 258 g/mol. The van der Waals surface area contributed by atoms with Crippen LogP contribution < -0.4 is 16.6 Å². The molecule has 0 aliphatic rings. The minimum Gasteiger partial charge on any atom is -0.369 e. The summed E-state index contributed by atoms with van der Waals surface area (Å²) in [7, 11) is 1.92. The van der Waals surface area contributed by atoms with E-state index in [1.807, 2.05) is 17.8 Å². The molecule has 0 aromatic carbocycles. The Labute approximate surface area is 114 Å². The van der Waals surface area contributed by atoms with Crippen LogP contribution in [0, 0.1) is 0 Å². The number of aromatic amines is 1. The largest absolute Gasteiger partial charge is 0.369 e. The standard InChI is InChI=1S/C11H15N9/c1-20-7(3-5-15-20)2-4-13-9-8-6-14-19-10(8)17-11(16-9)18-12/h3,5-6H,2,4,12H2,1H3,(H3,13,14,16,17,18,19). The molecule has 104 valence electrons. The van der Waals surface area contributed by atoms with E-state index >= 15 is 0 Å². The summed E-state index contributed by atoms with van der Waals surface area (Å²) >= 11 is 0. The number of hydrogen-bond donors (Lipinski definition) is 4. The van der Waals surface area contributed by atoms with Gasteiger partial charge in [0.25, 0.3) is 0 Å². The smallest absolute Gasteiger partial charge is 0.241 e. The summed E-state index contributed by atoms with van der Waals surface area (Å²) in [6, 6.07) is 1.99. The zero-order chi connectivity index (χ0) is 13.9. The van der Waals surface area contributed by atoms with Crippen LogP contribution in [-0.4, -0.2) is 36.5 Å². The molecule has 0 unspecified atom stereocenters. The Hall–Kier alpha value is -2.68. The number of aryl methyl sites for hydroxylation is 1. The lowest BCUT2D eigenvalue weighted by molar-refractivity contribution is 0.711. The van der Waals surface area contributed by atoms with E-state index in [4.69, 9.17) is 5.84 Å². The van der Waals surface area contributed by atoms with Gasteiger partial charge in [-0.3, -0.25) is 15.2 Å². The van der Waals surface area contributed by atoms with E-state index in [0.717, 1.165) is 24.0 Å². The van der Waals surface area contributed by atoms with Crippen molar-refractivity contribution in [2.24, 2.45) is 12.9 Å². The van der Waals surface area contributed by atoms with Crippen molar-refractivity contribution < 1.29 is 0 Å². The van der Waals surface area contributed by atoms with Gasteiger partial charge in [-0.1, -0.05) is 0 Å². The van der Waals surface area contributed by atoms with E-state index in [1.165, 1.54) is 0 Å². The lowest BCUT2D eigenvalue weighted by atomic mass is 10.3. The third-order valence-corrected chi connectivity index (χ3v) is 3.03. The minimum absolute atomic E-state index is 0.338. The molecule has 3 aromatic heterocycles. The average molecular weight is 273 g/mol. The van der Waals surface area contributed by atoms with E-state index in [-0.39, 0.29) is 0 Å². The van der Waals surface area contributed by atoms with Crippen molar-refractivity contribution in [2.45, 2.75) is 6.42 Å². The molecule has 20 heavy (non-hydrogen) atoms. The Morgan fingerprint density at radius 3 is 3.05 bits per heavy atom. The zero-order valence-corrected chi connectivity index (χ0v) is 11.0. The van der Waals surface area contributed by atoms with Crippen molar-refractivity contribution >= 4 is 22.8 Å². The lowest BCUT2D eigenvalue weighted by Crippen LogP contribution is -2.14. The molecule has 0 bridgehead atoms. The molecule has 0 amide bonds. The van der Waals surface area contributed by atoms with Crippen LogP contribution in [0.1, 0.15) is 5.69 Å². The van der Waals surface area contributed by atoms with Crippen LogP contribution in [0.15, 0.2) is 18.5 Å². The zero-order valence-electron chi connectivity index (χ0n) is 11.0. The van der Waals surface area contributed by atoms with E-state index in [0.29, 0.717) is 17.4 Å². The third-order valence-electron chi connectivity index (χ3n) is 3.03. The summed E-state index contributed by atoms with van der Waals surface area (Å²) in [6.45, 7) is 0.723. The van der Waals surface area contributed by atoms with Gasteiger partial charge in [0.15, 0.2) is 5.65 Å². The number of H-pyrrole nitrogens is 1. The fourth-order valence-corrected chi connectivity index (χ4v) is 1.99. The first-order valence-electron chi connectivity index (χ1n) is 6.16. The number of fused-ring (bicyclic) bond motifs is 1. The van der Waals surface area contributed by atoms with Crippen molar-refractivity contribution in [3.63, 3.8) is 0 Å². The first-order chi connectivity index (χ1) is 9.78. The van der Waals surface area contributed by atoms with Crippen LogP contribution >= 0.6 is 0 Å². The molecule has 0 saturated heterocycles. The van der Waals surface area contributed by atoms with E-state index in [2.05, 4.69) is 36.0 Å². The molecule has 0 radical (unpaired) electrons. The Morgan fingerprint density at radius 2 is 2.30 bits per heavy atom. The van der Waals surface area contributed by atoms with Gasteiger partial charge in [0.1, 0.15) is 5.82 Å². The predicted molar refractivity (Wildman–Crippen MR) is 74.9 cm³/mol. The van der Waals surface area contributed by atoms with Crippen LogP contribution in [0.5, 0.6) is 0 Å². The van der Waals surface area contributed by atoms with Gasteiger partial charge < -0.3 is 5.32 Å². The molecule has 3 heterocycles.